The standard InChI is InChI=1S/C21H22N4O2/c26-21(24-17-11-19-16(17)7-9-27-19)15-10-18-20(22-12-15)25(13-23-18)8-6-14-4-2-1-3-5-14/h1-5,10,12-13,16-17,19H,6-9,11H2,(H,24,26)/t16-,17+,19+/m0/s1. The third-order valence-electron chi connectivity index (χ3n) is 5.78. The van der Waals surface area contributed by atoms with E-state index in [-0.39, 0.29) is 11.9 Å². The van der Waals surface area contributed by atoms with Crippen LogP contribution in [0.1, 0.15) is 28.8 Å². The Kier molecular flexibility index (Phi) is 4.13. The van der Waals surface area contributed by atoms with Crippen LogP contribution in [0.5, 0.6) is 0 Å². The molecule has 1 saturated carbocycles. The van der Waals surface area contributed by atoms with Gasteiger partial charge in [0.15, 0.2) is 5.65 Å². The zero-order valence-electron chi connectivity index (χ0n) is 15.0. The highest BCUT2D eigenvalue weighted by atomic mass is 16.5. The molecule has 1 aromatic carbocycles. The topological polar surface area (TPSA) is 69.0 Å². The van der Waals surface area contributed by atoms with E-state index < -0.39 is 0 Å². The lowest BCUT2D eigenvalue weighted by Crippen LogP contribution is -2.53. The molecule has 0 spiro atoms. The zero-order chi connectivity index (χ0) is 18.2. The summed E-state index contributed by atoms with van der Waals surface area (Å²) in [6.07, 6.45) is 6.67. The van der Waals surface area contributed by atoms with E-state index in [9.17, 15) is 4.79 Å². The summed E-state index contributed by atoms with van der Waals surface area (Å²) in [5.74, 6) is 0.404. The summed E-state index contributed by atoms with van der Waals surface area (Å²) in [6.45, 7) is 1.62. The van der Waals surface area contributed by atoms with E-state index in [1.807, 2.05) is 28.8 Å². The van der Waals surface area contributed by atoms with Gasteiger partial charge in [-0.2, -0.15) is 0 Å². The van der Waals surface area contributed by atoms with Gasteiger partial charge in [0.05, 0.1) is 18.0 Å². The molecule has 1 saturated heterocycles. The molecule has 138 valence electrons. The SMILES string of the molecule is O=C(N[C@@H]1C[C@H]2OCC[C@@H]12)c1cnc2c(c1)ncn2CCc1ccccc1. The second kappa shape index (κ2) is 6.78. The lowest BCUT2D eigenvalue weighted by atomic mass is 9.76. The van der Waals surface area contributed by atoms with Crippen LogP contribution in [0.4, 0.5) is 0 Å². The van der Waals surface area contributed by atoms with Crippen molar-refractivity contribution < 1.29 is 9.53 Å². The molecule has 3 aromatic rings. The van der Waals surface area contributed by atoms with Gasteiger partial charge in [0.25, 0.3) is 5.91 Å². The van der Waals surface area contributed by atoms with Crippen molar-refractivity contribution >= 4 is 17.1 Å². The number of carbonyl (C=O) groups excluding carboxylic acids is 1. The molecule has 2 aromatic heterocycles. The summed E-state index contributed by atoms with van der Waals surface area (Å²) in [5.41, 5.74) is 3.42. The predicted octanol–water partition coefficient (Wildman–Crippen LogP) is 2.58. The molecule has 1 N–H and O–H groups in total. The monoisotopic (exact) mass is 362 g/mol. The van der Waals surface area contributed by atoms with Crippen LogP contribution < -0.4 is 5.32 Å². The second-order valence-corrected chi connectivity index (χ2v) is 7.42. The fourth-order valence-corrected chi connectivity index (χ4v) is 4.15. The van der Waals surface area contributed by atoms with E-state index in [1.54, 1.807) is 12.5 Å². The summed E-state index contributed by atoms with van der Waals surface area (Å²) in [6, 6.07) is 12.4. The number of aryl methyl sites for hydroxylation is 2. The third kappa shape index (κ3) is 3.10. The molecule has 27 heavy (non-hydrogen) atoms. The number of aromatic nitrogens is 3. The van der Waals surface area contributed by atoms with Crippen molar-refractivity contribution in [1.82, 2.24) is 19.9 Å². The minimum absolute atomic E-state index is 0.0708. The van der Waals surface area contributed by atoms with E-state index in [0.29, 0.717) is 17.6 Å². The number of ether oxygens (including phenoxy) is 1. The number of amides is 1. The number of hydrogen-bond acceptors (Lipinski definition) is 4. The maximum Gasteiger partial charge on any atom is 0.253 e. The number of nitrogens with zero attached hydrogens (tertiary/aromatic N) is 3. The van der Waals surface area contributed by atoms with Crippen LogP contribution in [-0.2, 0) is 17.7 Å². The summed E-state index contributed by atoms with van der Waals surface area (Å²) in [4.78, 5) is 21.5. The van der Waals surface area contributed by atoms with Crippen molar-refractivity contribution in [3.8, 4) is 0 Å². The number of rotatable bonds is 5. The predicted molar refractivity (Wildman–Crippen MR) is 101 cm³/mol. The Bertz CT molecular complexity index is 969. The average molecular weight is 362 g/mol. The first kappa shape index (κ1) is 16.4. The van der Waals surface area contributed by atoms with Crippen molar-refractivity contribution in [1.29, 1.82) is 0 Å². The Morgan fingerprint density at radius 2 is 2.15 bits per heavy atom. The Balaban J connectivity index is 1.27. The molecule has 2 fully saturated rings. The van der Waals surface area contributed by atoms with Crippen molar-refractivity contribution in [3.63, 3.8) is 0 Å². The smallest absolute Gasteiger partial charge is 0.253 e. The van der Waals surface area contributed by atoms with Gasteiger partial charge in [-0.05, 0) is 30.9 Å². The molecule has 3 heterocycles. The summed E-state index contributed by atoms with van der Waals surface area (Å²) in [7, 11) is 0. The highest BCUT2D eigenvalue weighted by Gasteiger charge is 2.45. The molecule has 5 rings (SSSR count). The Morgan fingerprint density at radius 1 is 1.26 bits per heavy atom. The highest BCUT2D eigenvalue weighted by molar-refractivity contribution is 5.96. The average Bonchev–Trinajstić information content (AvgIpc) is 3.27. The summed E-state index contributed by atoms with van der Waals surface area (Å²) >= 11 is 0. The molecule has 1 amide bonds. The van der Waals surface area contributed by atoms with Gasteiger partial charge in [-0.25, -0.2) is 9.97 Å². The Morgan fingerprint density at radius 3 is 3.00 bits per heavy atom. The van der Waals surface area contributed by atoms with Gasteiger partial charge in [0, 0.05) is 31.3 Å². The number of fused-ring (bicyclic) bond motifs is 2. The summed E-state index contributed by atoms with van der Waals surface area (Å²) < 4.78 is 7.65. The number of hydrogen-bond donors (Lipinski definition) is 1. The number of carbonyl (C=O) groups is 1. The highest BCUT2D eigenvalue weighted by Crippen LogP contribution is 2.38. The van der Waals surface area contributed by atoms with Crippen LogP contribution in [0.25, 0.3) is 11.2 Å². The normalized spacial score (nSPS) is 23.8. The number of pyridine rings is 1. The van der Waals surface area contributed by atoms with Crippen LogP contribution in [-0.4, -0.2) is 39.2 Å². The van der Waals surface area contributed by atoms with E-state index >= 15 is 0 Å². The maximum atomic E-state index is 12.6. The molecule has 3 atom stereocenters. The van der Waals surface area contributed by atoms with E-state index in [1.165, 1.54) is 5.56 Å². The van der Waals surface area contributed by atoms with Crippen molar-refractivity contribution in [2.45, 2.75) is 38.0 Å². The lowest BCUT2D eigenvalue weighted by Gasteiger charge is -2.39. The van der Waals surface area contributed by atoms with E-state index in [0.717, 1.165) is 43.6 Å². The maximum absolute atomic E-state index is 12.6. The first-order valence-electron chi connectivity index (χ1n) is 9.55. The van der Waals surface area contributed by atoms with Crippen LogP contribution in [0.2, 0.25) is 0 Å². The number of benzene rings is 1. The first-order chi connectivity index (χ1) is 13.3. The molecular weight excluding hydrogens is 340 g/mol. The minimum atomic E-state index is -0.0708. The van der Waals surface area contributed by atoms with E-state index in [4.69, 9.17) is 4.74 Å². The van der Waals surface area contributed by atoms with E-state index in [2.05, 4.69) is 27.4 Å². The largest absolute Gasteiger partial charge is 0.378 e. The molecule has 6 heteroatoms. The fraction of sp³-hybridized carbons (Fsp3) is 0.381. The molecule has 0 radical (unpaired) electrons. The first-order valence-corrected chi connectivity index (χ1v) is 9.55. The molecule has 2 aliphatic rings. The Hall–Kier alpha value is -2.73. The van der Waals surface area contributed by atoms with Crippen LogP contribution in [0, 0.1) is 5.92 Å². The van der Waals surface area contributed by atoms with Gasteiger partial charge in [-0.1, -0.05) is 30.3 Å². The van der Waals surface area contributed by atoms with Gasteiger partial charge in [0.1, 0.15) is 5.52 Å². The third-order valence-corrected chi connectivity index (χ3v) is 5.78. The molecule has 0 bridgehead atoms. The van der Waals surface area contributed by atoms with Crippen LogP contribution >= 0.6 is 0 Å². The van der Waals surface area contributed by atoms with Crippen LogP contribution in [0.3, 0.4) is 0 Å². The van der Waals surface area contributed by atoms with Gasteiger partial charge in [0.2, 0.25) is 0 Å². The Labute approximate surface area is 157 Å². The molecule has 1 aliphatic heterocycles. The van der Waals surface area contributed by atoms with Crippen molar-refractivity contribution in [3.05, 3.63) is 60.0 Å². The van der Waals surface area contributed by atoms with Crippen molar-refractivity contribution in [2.75, 3.05) is 6.61 Å². The minimum Gasteiger partial charge on any atom is -0.378 e. The second-order valence-electron chi connectivity index (χ2n) is 7.42. The number of nitrogens with one attached hydrogen (secondary N) is 1. The van der Waals surface area contributed by atoms with Crippen molar-refractivity contribution in [2.24, 2.45) is 5.92 Å². The zero-order valence-corrected chi connectivity index (χ0v) is 15.0. The quantitative estimate of drug-likeness (QED) is 0.757. The molecule has 6 nitrogen and oxygen atoms in total. The fourth-order valence-electron chi connectivity index (χ4n) is 4.15. The van der Waals surface area contributed by atoms with Gasteiger partial charge in [-0.3, -0.25) is 4.79 Å². The van der Waals surface area contributed by atoms with Gasteiger partial charge in [-0.15, -0.1) is 0 Å². The van der Waals surface area contributed by atoms with Gasteiger partial charge >= 0.3 is 0 Å². The lowest BCUT2D eigenvalue weighted by molar-refractivity contribution is 0.00809. The number of imidazole rings is 1. The van der Waals surface area contributed by atoms with Crippen LogP contribution in [0.15, 0.2) is 48.9 Å². The summed E-state index contributed by atoms with van der Waals surface area (Å²) in [5, 5.41) is 3.13. The molecule has 0 unspecified atom stereocenters. The van der Waals surface area contributed by atoms with Gasteiger partial charge < -0.3 is 14.6 Å². The molecular formula is C21H22N4O2. The molecule has 1 aliphatic carbocycles.